The number of aryl methyl sites for hydroxylation is 2. The van der Waals surface area contributed by atoms with Crippen LogP contribution in [0.4, 0.5) is 0 Å². The monoisotopic (exact) mass is 329 g/mol. The number of amides is 1. The van der Waals surface area contributed by atoms with E-state index in [1.807, 2.05) is 17.1 Å². The number of fused-ring (bicyclic) bond motifs is 1. The van der Waals surface area contributed by atoms with Crippen LogP contribution in [0.3, 0.4) is 0 Å². The normalized spacial score (nSPS) is 16.9. The van der Waals surface area contributed by atoms with E-state index < -0.39 is 0 Å². The van der Waals surface area contributed by atoms with Crippen molar-refractivity contribution in [3.05, 3.63) is 46.8 Å². The molecule has 122 valence electrons. The van der Waals surface area contributed by atoms with Crippen molar-refractivity contribution in [1.82, 2.24) is 15.1 Å². The number of benzene rings is 1. The Morgan fingerprint density at radius 2 is 2.22 bits per heavy atom. The molecule has 0 radical (unpaired) electrons. The van der Waals surface area contributed by atoms with Gasteiger partial charge in [0.15, 0.2) is 0 Å². The van der Waals surface area contributed by atoms with E-state index in [0.29, 0.717) is 5.75 Å². The standard InChI is InChI=1S/C18H23N3OS/c1-12-7-8-14(9-13(12)2)21-17-6-4-5-16(15(17)10-19-21)20-18(22)11-23-3/h7-10,16H,4-6,11H2,1-3H3,(H,20,22)/t16-/m1/s1. The summed E-state index contributed by atoms with van der Waals surface area (Å²) in [7, 11) is 0. The van der Waals surface area contributed by atoms with E-state index in [0.717, 1.165) is 24.9 Å². The number of nitrogens with one attached hydrogen (secondary N) is 1. The van der Waals surface area contributed by atoms with Crippen LogP contribution in [0.25, 0.3) is 5.69 Å². The summed E-state index contributed by atoms with van der Waals surface area (Å²) >= 11 is 1.55. The van der Waals surface area contributed by atoms with Crippen LogP contribution in [-0.4, -0.2) is 27.7 Å². The first-order valence-corrected chi connectivity index (χ1v) is 9.42. The number of aromatic nitrogens is 2. The zero-order valence-corrected chi connectivity index (χ0v) is 14.7. The number of hydrogen-bond donors (Lipinski definition) is 1. The summed E-state index contributed by atoms with van der Waals surface area (Å²) in [6, 6.07) is 6.53. The number of nitrogens with zero attached hydrogens (tertiary/aromatic N) is 2. The Labute approximate surface area is 141 Å². The lowest BCUT2D eigenvalue weighted by atomic mass is 9.93. The molecular weight excluding hydrogens is 306 g/mol. The van der Waals surface area contributed by atoms with Crippen LogP contribution in [0.5, 0.6) is 0 Å². The summed E-state index contributed by atoms with van der Waals surface area (Å²) < 4.78 is 2.04. The minimum atomic E-state index is 0.0960. The molecule has 1 amide bonds. The highest BCUT2D eigenvalue weighted by atomic mass is 32.2. The predicted octanol–water partition coefficient (Wildman–Crippen LogP) is 3.35. The maximum atomic E-state index is 11.9. The predicted molar refractivity (Wildman–Crippen MR) is 95.2 cm³/mol. The lowest BCUT2D eigenvalue weighted by Crippen LogP contribution is -2.32. The van der Waals surface area contributed by atoms with E-state index in [1.165, 1.54) is 22.4 Å². The molecule has 1 aromatic heterocycles. The highest BCUT2D eigenvalue weighted by molar-refractivity contribution is 7.99. The summed E-state index contributed by atoms with van der Waals surface area (Å²) in [4.78, 5) is 11.9. The summed E-state index contributed by atoms with van der Waals surface area (Å²) in [6.07, 6.45) is 6.95. The second-order valence-electron chi connectivity index (χ2n) is 6.17. The van der Waals surface area contributed by atoms with Gasteiger partial charge in [0.05, 0.1) is 23.7 Å². The third kappa shape index (κ3) is 3.29. The lowest BCUT2D eigenvalue weighted by molar-refractivity contribution is -0.119. The fourth-order valence-electron chi connectivity index (χ4n) is 3.15. The average Bonchev–Trinajstić information content (AvgIpc) is 2.95. The van der Waals surface area contributed by atoms with Crippen molar-refractivity contribution in [2.24, 2.45) is 0 Å². The largest absolute Gasteiger partial charge is 0.348 e. The minimum Gasteiger partial charge on any atom is -0.348 e. The SMILES string of the molecule is CSCC(=O)N[C@@H]1CCCc2c1cnn2-c1ccc(C)c(C)c1. The first-order chi connectivity index (χ1) is 11.1. The van der Waals surface area contributed by atoms with Gasteiger partial charge in [-0.05, 0) is 62.6 Å². The number of carbonyl (C=O) groups excluding carboxylic acids is 1. The molecule has 0 spiro atoms. The molecule has 3 rings (SSSR count). The Morgan fingerprint density at radius 1 is 1.39 bits per heavy atom. The van der Waals surface area contributed by atoms with Gasteiger partial charge in [-0.25, -0.2) is 4.68 Å². The second-order valence-corrected chi connectivity index (χ2v) is 7.04. The van der Waals surface area contributed by atoms with E-state index in [-0.39, 0.29) is 11.9 Å². The Morgan fingerprint density at radius 3 is 2.96 bits per heavy atom. The van der Waals surface area contributed by atoms with Crippen LogP contribution in [0.2, 0.25) is 0 Å². The molecule has 2 aromatic rings. The highest BCUT2D eigenvalue weighted by Gasteiger charge is 2.25. The number of rotatable bonds is 4. The van der Waals surface area contributed by atoms with Gasteiger partial charge in [0.2, 0.25) is 5.91 Å². The van der Waals surface area contributed by atoms with Crippen molar-refractivity contribution >= 4 is 17.7 Å². The molecule has 0 aliphatic heterocycles. The van der Waals surface area contributed by atoms with E-state index in [4.69, 9.17) is 0 Å². The maximum absolute atomic E-state index is 11.9. The quantitative estimate of drug-likeness (QED) is 0.936. The van der Waals surface area contributed by atoms with E-state index >= 15 is 0 Å². The van der Waals surface area contributed by atoms with Crippen molar-refractivity contribution in [2.45, 2.75) is 39.2 Å². The van der Waals surface area contributed by atoms with Crippen LogP contribution in [-0.2, 0) is 11.2 Å². The van der Waals surface area contributed by atoms with Gasteiger partial charge in [-0.15, -0.1) is 0 Å². The molecule has 1 atom stereocenters. The zero-order chi connectivity index (χ0) is 16.4. The van der Waals surface area contributed by atoms with Gasteiger partial charge in [-0.2, -0.15) is 16.9 Å². The first-order valence-electron chi connectivity index (χ1n) is 8.03. The molecule has 0 fully saturated rings. The maximum Gasteiger partial charge on any atom is 0.230 e. The molecular formula is C18H23N3OS. The van der Waals surface area contributed by atoms with Crippen molar-refractivity contribution in [3.63, 3.8) is 0 Å². The van der Waals surface area contributed by atoms with Crippen molar-refractivity contribution in [3.8, 4) is 5.69 Å². The molecule has 0 saturated heterocycles. The molecule has 1 aliphatic carbocycles. The Balaban J connectivity index is 1.90. The molecule has 0 saturated carbocycles. The van der Waals surface area contributed by atoms with Gasteiger partial charge in [-0.3, -0.25) is 4.79 Å². The molecule has 0 unspecified atom stereocenters. The smallest absolute Gasteiger partial charge is 0.230 e. The van der Waals surface area contributed by atoms with Gasteiger partial charge in [-0.1, -0.05) is 6.07 Å². The number of thioether (sulfide) groups is 1. The fraction of sp³-hybridized carbons (Fsp3) is 0.444. The van der Waals surface area contributed by atoms with Crippen molar-refractivity contribution in [2.75, 3.05) is 12.0 Å². The lowest BCUT2D eigenvalue weighted by Gasteiger charge is -2.24. The molecule has 1 N–H and O–H groups in total. The van der Waals surface area contributed by atoms with Crippen LogP contribution in [0.1, 0.15) is 41.3 Å². The Bertz CT molecular complexity index is 723. The third-order valence-electron chi connectivity index (χ3n) is 4.53. The third-order valence-corrected chi connectivity index (χ3v) is 5.08. The van der Waals surface area contributed by atoms with E-state index in [2.05, 4.69) is 42.5 Å². The van der Waals surface area contributed by atoms with Gasteiger partial charge in [0.25, 0.3) is 0 Å². The highest BCUT2D eigenvalue weighted by Crippen LogP contribution is 2.31. The summed E-state index contributed by atoms with van der Waals surface area (Å²) in [5.74, 6) is 0.617. The van der Waals surface area contributed by atoms with Gasteiger partial charge in [0.1, 0.15) is 0 Å². The molecule has 5 heteroatoms. The molecule has 1 aliphatic rings. The second kappa shape index (κ2) is 6.79. The first kappa shape index (κ1) is 16.1. The van der Waals surface area contributed by atoms with Crippen molar-refractivity contribution in [1.29, 1.82) is 0 Å². The molecule has 0 bridgehead atoms. The zero-order valence-electron chi connectivity index (χ0n) is 13.9. The molecule has 1 heterocycles. The van der Waals surface area contributed by atoms with E-state index in [9.17, 15) is 4.79 Å². The van der Waals surface area contributed by atoms with Gasteiger partial charge >= 0.3 is 0 Å². The van der Waals surface area contributed by atoms with E-state index in [1.54, 1.807) is 11.8 Å². The fourth-order valence-corrected chi connectivity index (χ4v) is 3.50. The van der Waals surface area contributed by atoms with Crippen LogP contribution in [0.15, 0.2) is 24.4 Å². The summed E-state index contributed by atoms with van der Waals surface area (Å²) in [6.45, 7) is 4.25. The molecule has 23 heavy (non-hydrogen) atoms. The Hall–Kier alpha value is -1.75. The topological polar surface area (TPSA) is 46.9 Å². The molecule has 1 aromatic carbocycles. The van der Waals surface area contributed by atoms with Crippen LogP contribution < -0.4 is 5.32 Å². The Kier molecular flexibility index (Phi) is 4.76. The minimum absolute atomic E-state index is 0.0960. The van der Waals surface area contributed by atoms with Gasteiger partial charge in [0, 0.05) is 11.3 Å². The van der Waals surface area contributed by atoms with Crippen LogP contribution >= 0.6 is 11.8 Å². The average molecular weight is 329 g/mol. The number of hydrogen-bond acceptors (Lipinski definition) is 3. The summed E-state index contributed by atoms with van der Waals surface area (Å²) in [5, 5.41) is 7.75. The van der Waals surface area contributed by atoms with Crippen molar-refractivity contribution < 1.29 is 4.79 Å². The molecule has 4 nitrogen and oxygen atoms in total. The van der Waals surface area contributed by atoms with Gasteiger partial charge < -0.3 is 5.32 Å². The van der Waals surface area contributed by atoms with Crippen LogP contribution in [0, 0.1) is 13.8 Å². The summed E-state index contributed by atoms with van der Waals surface area (Å²) in [5.41, 5.74) is 6.06. The number of carbonyl (C=O) groups is 1.